The van der Waals surface area contributed by atoms with Gasteiger partial charge in [0.25, 0.3) is 11.7 Å². The van der Waals surface area contributed by atoms with Crippen LogP contribution in [0.4, 0.5) is 9.59 Å². The molecule has 0 bridgehead atoms. The van der Waals surface area contributed by atoms with Crippen molar-refractivity contribution >= 4 is 41.5 Å². The predicted octanol–water partition coefficient (Wildman–Crippen LogP) is 1.50. The van der Waals surface area contributed by atoms with Gasteiger partial charge in [-0.1, -0.05) is 58.0 Å². The smallest absolute Gasteiger partial charge is 0.377 e. The number of carbonyl (C=O) groups is 7. The number of ether oxygens (including phenoxy) is 1. The summed E-state index contributed by atoms with van der Waals surface area (Å²) in [5, 5.41) is 9.08. The molecule has 0 saturated carbocycles. The second kappa shape index (κ2) is 14.6. The lowest BCUT2D eigenvalue weighted by atomic mass is 9.80. The number of likely N-dealkylation sites (tertiary alicyclic amines) is 1. The van der Waals surface area contributed by atoms with Gasteiger partial charge >= 0.3 is 24.0 Å². The van der Waals surface area contributed by atoms with E-state index in [1.54, 1.807) is 51.1 Å². The van der Waals surface area contributed by atoms with E-state index in [2.05, 4.69) is 0 Å². The Bertz CT molecular complexity index is 1320. The molecule has 0 aromatic heterocycles. The Balaban J connectivity index is 1.97. The predicted molar refractivity (Wildman–Crippen MR) is 160 cm³/mol. The van der Waals surface area contributed by atoms with E-state index >= 15 is 0 Å². The number of imide groups is 1. The molecule has 5 amide bonds. The van der Waals surface area contributed by atoms with Gasteiger partial charge in [-0.3, -0.25) is 24.1 Å². The highest BCUT2D eigenvalue weighted by Gasteiger charge is 2.54. The van der Waals surface area contributed by atoms with Gasteiger partial charge in [-0.05, 0) is 37.2 Å². The highest BCUT2D eigenvalue weighted by molar-refractivity contribution is 6.37. The van der Waals surface area contributed by atoms with Gasteiger partial charge in [-0.2, -0.15) is 0 Å². The first-order chi connectivity index (χ1) is 21.1. The summed E-state index contributed by atoms with van der Waals surface area (Å²) in [5.41, 5.74) is 4.84. The molecule has 2 fully saturated rings. The van der Waals surface area contributed by atoms with Gasteiger partial charge in [-0.25, -0.2) is 14.4 Å². The number of carboxylic acid groups (broad SMARTS) is 1. The lowest BCUT2D eigenvalue weighted by Gasteiger charge is -2.41. The van der Waals surface area contributed by atoms with Crippen LogP contribution in [0.25, 0.3) is 0 Å². The maximum absolute atomic E-state index is 14.5. The van der Waals surface area contributed by atoms with Crippen molar-refractivity contribution in [1.29, 1.82) is 0 Å². The zero-order valence-electron chi connectivity index (χ0n) is 26.4. The van der Waals surface area contributed by atoms with Crippen molar-refractivity contribution in [2.45, 2.75) is 71.7 Å². The highest BCUT2D eigenvalue weighted by Crippen LogP contribution is 2.28. The number of hydrogen-bond acceptors (Lipinski definition) is 9. The van der Waals surface area contributed by atoms with E-state index in [0.29, 0.717) is 23.3 Å². The molecule has 45 heavy (non-hydrogen) atoms. The van der Waals surface area contributed by atoms with Crippen molar-refractivity contribution in [3.05, 3.63) is 35.9 Å². The Hall–Kier alpha value is -4.33. The molecule has 0 spiro atoms. The molecule has 1 aromatic rings. The van der Waals surface area contributed by atoms with Crippen molar-refractivity contribution in [3.63, 3.8) is 0 Å². The van der Waals surface area contributed by atoms with Crippen molar-refractivity contribution in [2.75, 3.05) is 32.7 Å². The molecule has 246 valence electrons. The van der Waals surface area contributed by atoms with Crippen LogP contribution < -0.4 is 5.73 Å². The van der Waals surface area contributed by atoms with E-state index in [4.69, 9.17) is 15.6 Å². The van der Waals surface area contributed by atoms with Crippen molar-refractivity contribution < 1.29 is 43.4 Å². The molecule has 0 aliphatic carbocycles. The molecule has 14 heteroatoms. The Labute approximate surface area is 262 Å². The van der Waals surface area contributed by atoms with Gasteiger partial charge < -0.3 is 30.3 Å². The summed E-state index contributed by atoms with van der Waals surface area (Å²) in [4.78, 5) is 97.3. The number of Topliss-reactive ketones (excluding diaryl/α,β-unsaturated/α-hetero) is 2. The fourth-order valence-electron chi connectivity index (χ4n) is 5.60. The SMILES string of the molecule is CC(C)[C@@H](C(=O)C(=O)OCc1ccccc1)N(C(=O)N1CCC[C@H]1C)C(=O)[C@](N)(C(=O)CN1CCN(CC(=O)O)C1=O)C(C)C. The minimum Gasteiger partial charge on any atom is -0.480 e. The summed E-state index contributed by atoms with van der Waals surface area (Å²) in [5.74, 6) is -7.39. The number of nitrogens with zero attached hydrogens (tertiary/aromatic N) is 4. The number of urea groups is 2. The van der Waals surface area contributed by atoms with Crippen LogP contribution in [0.3, 0.4) is 0 Å². The summed E-state index contributed by atoms with van der Waals surface area (Å²) in [6.45, 7) is 6.87. The molecule has 3 rings (SSSR count). The lowest BCUT2D eigenvalue weighted by molar-refractivity contribution is -0.159. The third kappa shape index (κ3) is 7.67. The third-order valence-corrected chi connectivity index (χ3v) is 8.38. The van der Waals surface area contributed by atoms with Crippen LogP contribution in [0.1, 0.15) is 53.0 Å². The maximum Gasteiger partial charge on any atom is 0.377 e. The fraction of sp³-hybridized carbons (Fsp3) is 0.581. The van der Waals surface area contributed by atoms with Crippen LogP contribution >= 0.6 is 0 Å². The first-order valence-corrected chi connectivity index (χ1v) is 15.1. The maximum atomic E-state index is 14.5. The number of amides is 5. The molecular formula is C31H43N5O9. The number of benzene rings is 1. The normalized spacial score (nSPS) is 18.6. The topological polar surface area (TPSA) is 188 Å². The average molecular weight is 630 g/mol. The highest BCUT2D eigenvalue weighted by atomic mass is 16.5. The van der Waals surface area contributed by atoms with E-state index in [0.717, 1.165) is 9.80 Å². The van der Waals surface area contributed by atoms with Gasteiger partial charge in [0, 0.05) is 25.7 Å². The van der Waals surface area contributed by atoms with E-state index < -0.39 is 78.0 Å². The molecule has 3 atom stereocenters. The Morgan fingerprint density at radius 1 is 1.00 bits per heavy atom. The second-order valence-electron chi connectivity index (χ2n) is 12.2. The number of esters is 1. The van der Waals surface area contributed by atoms with Crippen molar-refractivity contribution in [2.24, 2.45) is 17.6 Å². The lowest BCUT2D eigenvalue weighted by Crippen LogP contribution is -2.70. The number of aliphatic carboxylic acids is 1. The number of hydrogen-bond donors (Lipinski definition) is 2. The molecule has 3 N–H and O–H groups in total. The minimum atomic E-state index is -2.39. The number of ketones is 2. The summed E-state index contributed by atoms with van der Waals surface area (Å²) in [6, 6.07) is 5.16. The van der Waals surface area contributed by atoms with Gasteiger partial charge in [0.05, 0.1) is 6.54 Å². The van der Waals surface area contributed by atoms with Crippen molar-refractivity contribution in [3.8, 4) is 0 Å². The third-order valence-electron chi connectivity index (χ3n) is 8.38. The Morgan fingerprint density at radius 3 is 2.11 bits per heavy atom. The van der Waals surface area contributed by atoms with Crippen LogP contribution in [0.15, 0.2) is 30.3 Å². The summed E-state index contributed by atoms with van der Waals surface area (Å²) in [7, 11) is 0. The number of rotatable bonds is 13. The second-order valence-corrected chi connectivity index (χ2v) is 12.2. The molecule has 2 saturated heterocycles. The molecule has 0 radical (unpaired) electrons. The van der Waals surface area contributed by atoms with Crippen LogP contribution in [-0.4, -0.2) is 117 Å². The minimum absolute atomic E-state index is 0.0223. The van der Waals surface area contributed by atoms with Gasteiger partial charge in [-0.15, -0.1) is 0 Å². The first kappa shape index (κ1) is 35.2. The molecule has 2 aliphatic heterocycles. The zero-order valence-corrected chi connectivity index (χ0v) is 26.4. The standard InChI is InChI=1S/C31H43N5O9/c1-19(2)25(26(40)27(41)45-18-22-11-7-6-8-12-22)36(30(44)35-13-9-10-21(35)5)28(42)31(32,20(3)4)23(37)16-33-14-15-34(29(33)43)17-24(38)39/h6-8,11-12,19-21,25H,9-10,13-18,32H2,1-5H3,(H,38,39)/t21-,25+,31-/m1/s1. The fourth-order valence-corrected chi connectivity index (χ4v) is 5.60. The molecule has 14 nitrogen and oxygen atoms in total. The van der Waals surface area contributed by atoms with Crippen LogP contribution in [0, 0.1) is 11.8 Å². The van der Waals surface area contributed by atoms with Crippen molar-refractivity contribution in [1.82, 2.24) is 19.6 Å². The molecule has 2 aliphatic rings. The first-order valence-electron chi connectivity index (χ1n) is 15.1. The van der Waals surface area contributed by atoms with Gasteiger partial charge in [0.1, 0.15) is 19.2 Å². The van der Waals surface area contributed by atoms with Crippen LogP contribution in [-0.2, 0) is 35.3 Å². The zero-order chi connectivity index (χ0) is 33.6. The molecule has 2 heterocycles. The molecule has 1 aromatic carbocycles. The quantitative estimate of drug-likeness (QED) is 0.184. The van der Waals surface area contributed by atoms with Gasteiger partial charge in [0.15, 0.2) is 11.3 Å². The molecule has 0 unspecified atom stereocenters. The van der Waals surface area contributed by atoms with E-state index in [-0.39, 0.29) is 32.3 Å². The largest absolute Gasteiger partial charge is 0.480 e. The number of nitrogens with two attached hydrogens (primary N) is 1. The molecular weight excluding hydrogens is 586 g/mol. The Kier molecular flexibility index (Phi) is 11.4. The van der Waals surface area contributed by atoms with Gasteiger partial charge in [0.2, 0.25) is 0 Å². The number of carbonyl (C=O) groups excluding carboxylic acids is 6. The average Bonchev–Trinajstić information content (AvgIpc) is 3.57. The number of carboxylic acids is 1. The van der Waals surface area contributed by atoms with E-state index in [1.807, 2.05) is 0 Å². The van der Waals surface area contributed by atoms with E-state index in [9.17, 15) is 33.6 Å². The van der Waals surface area contributed by atoms with E-state index in [1.165, 1.54) is 18.7 Å². The van der Waals surface area contributed by atoms with Crippen LogP contribution in [0.2, 0.25) is 0 Å². The monoisotopic (exact) mass is 629 g/mol. The summed E-state index contributed by atoms with van der Waals surface area (Å²) < 4.78 is 5.26. The van der Waals surface area contributed by atoms with Crippen LogP contribution in [0.5, 0.6) is 0 Å². The summed E-state index contributed by atoms with van der Waals surface area (Å²) >= 11 is 0. The summed E-state index contributed by atoms with van der Waals surface area (Å²) in [6.07, 6.45) is 1.29. The Morgan fingerprint density at radius 2 is 1.60 bits per heavy atom.